The molecule has 6 nitrogen and oxygen atoms in total. The Morgan fingerprint density at radius 1 is 1.44 bits per heavy atom. The van der Waals surface area contributed by atoms with Crippen molar-refractivity contribution in [3.8, 4) is 0 Å². The molecule has 0 aliphatic heterocycles. The van der Waals surface area contributed by atoms with Crippen LogP contribution in [0.1, 0.15) is 32.6 Å². The number of carboxylic acids is 1. The number of aliphatic carboxylic acids is 1. The topological polar surface area (TPSA) is 89.9 Å². The van der Waals surface area contributed by atoms with E-state index >= 15 is 0 Å². The first-order valence-electron chi connectivity index (χ1n) is 6.39. The summed E-state index contributed by atoms with van der Waals surface area (Å²) in [6, 6.07) is -0.478. The number of rotatable bonds is 8. The Kier molecular flexibility index (Phi) is 6.07. The highest BCUT2D eigenvalue weighted by atomic mass is 16.4. The smallest absolute Gasteiger partial charge is 0.327 e. The van der Waals surface area contributed by atoms with Gasteiger partial charge in [-0.3, -0.25) is 9.69 Å². The fourth-order valence-electron chi connectivity index (χ4n) is 2.11. The zero-order valence-corrected chi connectivity index (χ0v) is 10.8. The quantitative estimate of drug-likeness (QED) is 0.561. The van der Waals surface area contributed by atoms with Gasteiger partial charge >= 0.3 is 5.97 Å². The number of carbonyl (C=O) groups excluding carboxylic acids is 1. The van der Waals surface area contributed by atoms with E-state index in [1.54, 1.807) is 0 Å². The molecule has 0 aromatic heterocycles. The number of nitrogens with one attached hydrogen (secondary N) is 1. The van der Waals surface area contributed by atoms with E-state index in [0.717, 1.165) is 19.3 Å². The van der Waals surface area contributed by atoms with Gasteiger partial charge < -0.3 is 15.5 Å². The Labute approximate surface area is 107 Å². The van der Waals surface area contributed by atoms with Gasteiger partial charge in [0.15, 0.2) is 0 Å². The van der Waals surface area contributed by atoms with Crippen molar-refractivity contribution in [1.29, 1.82) is 0 Å². The Hall–Kier alpha value is -1.14. The van der Waals surface area contributed by atoms with Gasteiger partial charge in [-0.2, -0.15) is 0 Å². The molecule has 1 atom stereocenters. The summed E-state index contributed by atoms with van der Waals surface area (Å²) in [5, 5.41) is 20.4. The molecule has 0 aromatic rings. The number of amides is 1. The predicted octanol–water partition coefficient (Wildman–Crippen LogP) is -0.187. The van der Waals surface area contributed by atoms with E-state index in [0.29, 0.717) is 25.6 Å². The lowest BCUT2D eigenvalue weighted by Crippen LogP contribution is -2.52. The van der Waals surface area contributed by atoms with Crippen molar-refractivity contribution >= 4 is 11.9 Å². The van der Waals surface area contributed by atoms with Gasteiger partial charge in [0.1, 0.15) is 6.04 Å². The van der Waals surface area contributed by atoms with Gasteiger partial charge in [0.25, 0.3) is 0 Å². The van der Waals surface area contributed by atoms with E-state index in [9.17, 15) is 9.59 Å². The molecule has 0 bridgehead atoms. The van der Waals surface area contributed by atoms with E-state index in [1.807, 2.05) is 0 Å². The summed E-state index contributed by atoms with van der Waals surface area (Å²) in [5.41, 5.74) is 0. The molecule has 0 saturated heterocycles. The molecule has 18 heavy (non-hydrogen) atoms. The molecule has 0 radical (unpaired) electrons. The highest BCUT2D eigenvalue weighted by Crippen LogP contribution is 2.25. The standard InChI is InChI=1S/C12H22N2O4/c1-9(16)13-11(12(17)18)8-14(6-3-7-15)10-4-2-5-10/h10-11,15H,2-8H2,1H3,(H,13,16)(H,17,18). The predicted molar refractivity (Wildman–Crippen MR) is 66.2 cm³/mol. The molecule has 1 fully saturated rings. The number of aliphatic hydroxyl groups is 1. The summed E-state index contributed by atoms with van der Waals surface area (Å²) < 4.78 is 0. The van der Waals surface area contributed by atoms with Crippen LogP contribution >= 0.6 is 0 Å². The SMILES string of the molecule is CC(=O)NC(CN(CCCO)C1CCC1)C(=O)O. The van der Waals surface area contributed by atoms with Crippen molar-refractivity contribution in [2.24, 2.45) is 0 Å². The first-order chi connectivity index (χ1) is 8.54. The average molecular weight is 258 g/mol. The zero-order chi connectivity index (χ0) is 13.5. The first kappa shape index (κ1) is 14.9. The molecule has 0 spiro atoms. The van der Waals surface area contributed by atoms with E-state index in [4.69, 9.17) is 10.2 Å². The van der Waals surface area contributed by atoms with Crippen molar-refractivity contribution < 1.29 is 19.8 Å². The second-order valence-corrected chi connectivity index (χ2v) is 4.75. The van der Waals surface area contributed by atoms with Crippen molar-refractivity contribution in [3.05, 3.63) is 0 Å². The second kappa shape index (κ2) is 7.33. The van der Waals surface area contributed by atoms with Gasteiger partial charge in [-0.1, -0.05) is 6.42 Å². The average Bonchev–Trinajstić information content (AvgIpc) is 2.21. The summed E-state index contributed by atoms with van der Waals surface area (Å²) in [7, 11) is 0. The van der Waals surface area contributed by atoms with Crippen LogP contribution in [0.2, 0.25) is 0 Å². The number of hydrogen-bond donors (Lipinski definition) is 3. The molecule has 104 valence electrons. The lowest BCUT2D eigenvalue weighted by Gasteiger charge is -2.38. The van der Waals surface area contributed by atoms with Crippen molar-refractivity contribution in [2.75, 3.05) is 19.7 Å². The second-order valence-electron chi connectivity index (χ2n) is 4.75. The molecule has 0 aromatic carbocycles. The number of carbonyl (C=O) groups is 2. The Morgan fingerprint density at radius 3 is 2.50 bits per heavy atom. The van der Waals surface area contributed by atoms with E-state index in [-0.39, 0.29) is 12.5 Å². The first-order valence-corrected chi connectivity index (χ1v) is 6.39. The van der Waals surface area contributed by atoms with Gasteiger partial charge in [0.2, 0.25) is 5.91 Å². The van der Waals surface area contributed by atoms with Crippen LogP contribution in [0.25, 0.3) is 0 Å². The maximum absolute atomic E-state index is 11.1. The van der Waals surface area contributed by atoms with Crippen LogP contribution in [0.4, 0.5) is 0 Å². The highest BCUT2D eigenvalue weighted by Gasteiger charge is 2.29. The van der Waals surface area contributed by atoms with Crippen molar-refractivity contribution in [3.63, 3.8) is 0 Å². The van der Waals surface area contributed by atoms with Gasteiger partial charge in [-0.25, -0.2) is 4.79 Å². The minimum absolute atomic E-state index is 0.0983. The zero-order valence-electron chi connectivity index (χ0n) is 10.8. The molecular formula is C12H22N2O4. The molecule has 1 amide bonds. The van der Waals surface area contributed by atoms with Crippen LogP contribution < -0.4 is 5.32 Å². The molecule has 1 unspecified atom stereocenters. The Morgan fingerprint density at radius 2 is 2.11 bits per heavy atom. The number of nitrogens with zero attached hydrogens (tertiary/aromatic N) is 1. The number of aliphatic hydroxyl groups excluding tert-OH is 1. The third-order valence-corrected chi connectivity index (χ3v) is 3.29. The molecule has 1 aliphatic carbocycles. The number of hydrogen-bond acceptors (Lipinski definition) is 4. The van der Waals surface area contributed by atoms with Gasteiger partial charge in [-0.15, -0.1) is 0 Å². The molecular weight excluding hydrogens is 236 g/mol. The lowest BCUT2D eigenvalue weighted by atomic mass is 9.91. The van der Waals surface area contributed by atoms with Gasteiger partial charge in [0, 0.05) is 32.7 Å². The molecule has 1 rings (SSSR count). The normalized spacial score (nSPS) is 17.3. The third kappa shape index (κ3) is 4.62. The van der Waals surface area contributed by atoms with E-state index in [1.165, 1.54) is 6.92 Å². The maximum Gasteiger partial charge on any atom is 0.327 e. The monoisotopic (exact) mass is 258 g/mol. The minimum atomic E-state index is -1.02. The van der Waals surface area contributed by atoms with Crippen LogP contribution in [0.15, 0.2) is 0 Å². The van der Waals surface area contributed by atoms with E-state index < -0.39 is 12.0 Å². The Balaban J connectivity index is 2.54. The summed E-state index contributed by atoms with van der Waals surface area (Å²) >= 11 is 0. The van der Waals surface area contributed by atoms with Crippen LogP contribution in [0, 0.1) is 0 Å². The third-order valence-electron chi connectivity index (χ3n) is 3.29. The highest BCUT2D eigenvalue weighted by molar-refractivity contribution is 5.82. The molecule has 1 aliphatic rings. The fourth-order valence-corrected chi connectivity index (χ4v) is 2.11. The summed E-state index contributed by atoms with van der Waals surface area (Å²) in [5.74, 6) is -1.35. The van der Waals surface area contributed by atoms with Crippen LogP contribution in [0.5, 0.6) is 0 Å². The summed E-state index contributed by atoms with van der Waals surface area (Å²) in [4.78, 5) is 24.1. The van der Waals surface area contributed by atoms with E-state index in [2.05, 4.69) is 10.2 Å². The van der Waals surface area contributed by atoms with Gasteiger partial charge in [0.05, 0.1) is 0 Å². The summed E-state index contributed by atoms with van der Waals surface area (Å²) in [6.45, 7) is 2.39. The molecule has 3 N–H and O–H groups in total. The number of carboxylic acid groups (broad SMARTS) is 1. The lowest BCUT2D eigenvalue weighted by molar-refractivity contribution is -0.142. The van der Waals surface area contributed by atoms with Crippen LogP contribution in [-0.4, -0.2) is 58.8 Å². The maximum atomic E-state index is 11.1. The van der Waals surface area contributed by atoms with Crippen LogP contribution in [0.3, 0.4) is 0 Å². The minimum Gasteiger partial charge on any atom is -0.480 e. The van der Waals surface area contributed by atoms with Crippen molar-refractivity contribution in [2.45, 2.75) is 44.7 Å². The van der Waals surface area contributed by atoms with Crippen molar-refractivity contribution in [1.82, 2.24) is 10.2 Å². The molecule has 1 saturated carbocycles. The largest absolute Gasteiger partial charge is 0.480 e. The molecule has 6 heteroatoms. The Bertz CT molecular complexity index is 292. The van der Waals surface area contributed by atoms with Crippen LogP contribution in [-0.2, 0) is 9.59 Å². The molecule has 0 heterocycles. The summed E-state index contributed by atoms with van der Waals surface area (Å²) in [6.07, 6.45) is 3.93. The fraction of sp³-hybridized carbons (Fsp3) is 0.833. The van der Waals surface area contributed by atoms with Gasteiger partial charge in [-0.05, 0) is 19.3 Å².